The topological polar surface area (TPSA) is 84.0 Å². The second-order valence-electron chi connectivity index (χ2n) is 4.37. The Morgan fingerprint density at radius 1 is 1.24 bits per heavy atom. The predicted molar refractivity (Wildman–Crippen MR) is 80.6 cm³/mol. The number of nitrogen functional groups attached to an aromatic ring is 1. The summed E-state index contributed by atoms with van der Waals surface area (Å²) in [6.45, 7) is 0. The van der Waals surface area contributed by atoms with Crippen LogP contribution in [0.4, 0.5) is 10.1 Å². The molecule has 0 atom stereocenters. The van der Waals surface area contributed by atoms with Crippen molar-refractivity contribution in [3.8, 4) is 6.07 Å². The quantitative estimate of drug-likeness (QED) is 0.843. The first-order valence-corrected chi connectivity index (χ1v) is 8.24. The predicted octanol–water partition coefficient (Wildman–Crippen LogP) is 3.02. The maximum absolute atomic E-state index is 13.2. The number of hydrogen-bond donors (Lipinski definition) is 1. The molecule has 21 heavy (non-hydrogen) atoms. The van der Waals surface area contributed by atoms with E-state index in [1.807, 2.05) is 0 Å². The van der Waals surface area contributed by atoms with Gasteiger partial charge in [-0.05, 0) is 35.9 Å². The average molecular weight is 369 g/mol. The van der Waals surface area contributed by atoms with Gasteiger partial charge in [0.15, 0.2) is 9.84 Å². The summed E-state index contributed by atoms with van der Waals surface area (Å²) in [5.41, 5.74) is 5.97. The van der Waals surface area contributed by atoms with E-state index in [4.69, 9.17) is 11.0 Å². The third-order valence-electron chi connectivity index (χ3n) is 2.82. The Kier molecular flexibility index (Phi) is 4.30. The van der Waals surface area contributed by atoms with Crippen molar-refractivity contribution in [2.24, 2.45) is 0 Å². The number of halogens is 2. The van der Waals surface area contributed by atoms with Crippen molar-refractivity contribution in [1.82, 2.24) is 0 Å². The summed E-state index contributed by atoms with van der Waals surface area (Å²) in [5, 5.41) is 8.77. The lowest BCUT2D eigenvalue weighted by atomic mass is 10.1. The smallest absolute Gasteiger partial charge is 0.184 e. The minimum atomic E-state index is -3.69. The summed E-state index contributed by atoms with van der Waals surface area (Å²) in [7, 11) is -3.69. The molecule has 0 aromatic heterocycles. The van der Waals surface area contributed by atoms with Crippen molar-refractivity contribution in [2.75, 3.05) is 5.73 Å². The average Bonchev–Trinajstić information content (AvgIpc) is 2.43. The van der Waals surface area contributed by atoms with Crippen LogP contribution in [0, 0.1) is 17.1 Å². The highest BCUT2D eigenvalue weighted by Gasteiger charge is 2.19. The molecule has 0 aliphatic heterocycles. The van der Waals surface area contributed by atoms with Crippen LogP contribution in [0.2, 0.25) is 0 Å². The Morgan fingerprint density at radius 3 is 2.62 bits per heavy atom. The Balaban J connectivity index is 2.43. The summed E-state index contributed by atoms with van der Waals surface area (Å²) in [5.74, 6) is -1.04. The van der Waals surface area contributed by atoms with Crippen molar-refractivity contribution in [3.05, 3.63) is 57.8 Å². The molecule has 0 bridgehead atoms. The maximum atomic E-state index is 13.2. The Bertz CT molecular complexity index is 845. The van der Waals surface area contributed by atoms with Crippen LogP contribution in [0.15, 0.2) is 45.8 Å². The second kappa shape index (κ2) is 5.84. The van der Waals surface area contributed by atoms with E-state index in [2.05, 4.69) is 15.9 Å². The zero-order valence-corrected chi connectivity index (χ0v) is 13.1. The monoisotopic (exact) mass is 368 g/mol. The molecule has 0 aliphatic rings. The number of nitriles is 1. The molecule has 4 nitrogen and oxygen atoms in total. The van der Waals surface area contributed by atoms with Crippen LogP contribution in [0.1, 0.15) is 11.1 Å². The molecule has 0 aliphatic carbocycles. The highest BCUT2D eigenvalue weighted by Crippen LogP contribution is 2.26. The van der Waals surface area contributed by atoms with Gasteiger partial charge in [-0.15, -0.1) is 0 Å². The van der Waals surface area contributed by atoms with Gasteiger partial charge >= 0.3 is 0 Å². The first kappa shape index (κ1) is 15.5. The fourth-order valence-corrected chi connectivity index (χ4v) is 3.84. The normalized spacial score (nSPS) is 11.1. The van der Waals surface area contributed by atoms with E-state index >= 15 is 0 Å². The number of nitrogens with two attached hydrogens (primary N) is 1. The van der Waals surface area contributed by atoms with Crippen LogP contribution in [0.25, 0.3) is 0 Å². The summed E-state index contributed by atoms with van der Waals surface area (Å²) >= 11 is 3.19. The van der Waals surface area contributed by atoms with Crippen LogP contribution >= 0.6 is 15.9 Å². The zero-order chi connectivity index (χ0) is 15.6. The third-order valence-corrected chi connectivity index (χ3v) is 5.05. The SMILES string of the molecule is N#Cc1cc(CS(=O)(=O)c2cc(Br)ccc2N)ccc1F. The highest BCUT2D eigenvalue weighted by molar-refractivity contribution is 9.10. The lowest BCUT2D eigenvalue weighted by Gasteiger charge is -2.08. The first-order valence-electron chi connectivity index (χ1n) is 5.80. The van der Waals surface area contributed by atoms with Gasteiger partial charge in [0.25, 0.3) is 0 Å². The molecule has 108 valence electrons. The van der Waals surface area contributed by atoms with Gasteiger partial charge in [0, 0.05) is 4.47 Å². The van der Waals surface area contributed by atoms with E-state index in [1.54, 1.807) is 12.1 Å². The Labute approximate surface area is 130 Å². The minimum Gasteiger partial charge on any atom is -0.398 e. The molecule has 0 heterocycles. The Morgan fingerprint density at radius 2 is 1.95 bits per heavy atom. The molecular weight excluding hydrogens is 359 g/mol. The van der Waals surface area contributed by atoms with Gasteiger partial charge < -0.3 is 5.73 Å². The minimum absolute atomic E-state index is 0.000271. The zero-order valence-electron chi connectivity index (χ0n) is 10.7. The summed E-state index contributed by atoms with van der Waals surface area (Å²) < 4.78 is 38.6. The summed E-state index contributed by atoms with van der Waals surface area (Å²) in [4.78, 5) is -0.000271. The number of benzene rings is 2. The summed E-state index contributed by atoms with van der Waals surface area (Å²) in [6.07, 6.45) is 0. The Hall–Kier alpha value is -1.91. The largest absolute Gasteiger partial charge is 0.398 e. The van der Waals surface area contributed by atoms with Gasteiger partial charge in [0.05, 0.1) is 21.9 Å². The maximum Gasteiger partial charge on any atom is 0.184 e. The number of hydrogen-bond acceptors (Lipinski definition) is 4. The third kappa shape index (κ3) is 3.40. The number of rotatable bonds is 3. The second-order valence-corrected chi connectivity index (χ2v) is 7.24. The number of nitrogens with zero attached hydrogens (tertiary/aromatic N) is 1. The standard InChI is InChI=1S/C14H10BrFN2O2S/c15-11-2-4-13(18)14(6-11)21(19,20)8-9-1-3-12(16)10(5-9)7-17/h1-6H,8,18H2. The van der Waals surface area contributed by atoms with Crippen LogP contribution in [-0.4, -0.2) is 8.42 Å². The fraction of sp³-hybridized carbons (Fsp3) is 0.0714. The van der Waals surface area contributed by atoms with Crippen LogP contribution in [0.5, 0.6) is 0 Å². The molecule has 2 N–H and O–H groups in total. The number of anilines is 1. The van der Waals surface area contributed by atoms with Crippen molar-refractivity contribution < 1.29 is 12.8 Å². The molecule has 0 saturated carbocycles. The molecule has 0 saturated heterocycles. The van der Waals surface area contributed by atoms with Gasteiger partial charge in [0.2, 0.25) is 0 Å². The molecule has 2 rings (SSSR count). The molecule has 7 heteroatoms. The van der Waals surface area contributed by atoms with Gasteiger partial charge in [-0.2, -0.15) is 5.26 Å². The van der Waals surface area contributed by atoms with Gasteiger partial charge in [0.1, 0.15) is 11.9 Å². The van der Waals surface area contributed by atoms with E-state index in [-0.39, 0.29) is 21.9 Å². The van der Waals surface area contributed by atoms with Crippen LogP contribution in [0.3, 0.4) is 0 Å². The van der Waals surface area contributed by atoms with Gasteiger partial charge in [-0.1, -0.05) is 22.0 Å². The molecule has 0 fully saturated rings. The van der Waals surface area contributed by atoms with Crippen molar-refractivity contribution >= 4 is 31.5 Å². The van der Waals surface area contributed by atoms with E-state index in [9.17, 15) is 12.8 Å². The van der Waals surface area contributed by atoms with Gasteiger partial charge in [-0.25, -0.2) is 12.8 Å². The molecule has 0 radical (unpaired) electrons. The first-order chi connectivity index (χ1) is 9.83. The van der Waals surface area contributed by atoms with Crippen LogP contribution < -0.4 is 5.73 Å². The lowest BCUT2D eigenvalue weighted by molar-refractivity contribution is 0.595. The molecule has 0 unspecified atom stereocenters. The molecule has 2 aromatic rings. The molecule has 0 amide bonds. The molecule has 2 aromatic carbocycles. The van der Waals surface area contributed by atoms with Crippen molar-refractivity contribution in [3.63, 3.8) is 0 Å². The van der Waals surface area contributed by atoms with Crippen molar-refractivity contribution in [2.45, 2.75) is 10.6 Å². The van der Waals surface area contributed by atoms with E-state index < -0.39 is 15.7 Å². The van der Waals surface area contributed by atoms with Gasteiger partial charge in [-0.3, -0.25) is 0 Å². The summed E-state index contributed by atoms with van der Waals surface area (Å²) in [6, 6.07) is 9.86. The molecule has 0 spiro atoms. The van der Waals surface area contributed by atoms with E-state index in [0.29, 0.717) is 10.0 Å². The van der Waals surface area contributed by atoms with E-state index in [0.717, 1.165) is 6.07 Å². The number of sulfone groups is 1. The highest BCUT2D eigenvalue weighted by atomic mass is 79.9. The lowest BCUT2D eigenvalue weighted by Crippen LogP contribution is -2.08. The fourth-order valence-electron chi connectivity index (χ4n) is 1.82. The van der Waals surface area contributed by atoms with Crippen molar-refractivity contribution in [1.29, 1.82) is 5.26 Å². The van der Waals surface area contributed by atoms with E-state index in [1.165, 1.54) is 24.3 Å². The molecular formula is C14H10BrFN2O2S. The van der Waals surface area contributed by atoms with Crippen LogP contribution in [-0.2, 0) is 15.6 Å².